The lowest BCUT2D eigenvalue weighted by Crippen LogP contribution is -2.25. The van der Waals surface area contributed by atoms with Gasteiger partial charge in [-0.25, -0.2) is 8.78 Å². The van der Waals surface area contributed by atoms with Gasteiger partial charge in [-0.15, -0.1) is 0 Å². The number of benzene rings is 1. The van der Waals surface area contributed by atoms with Gasteiger partial charge in [-0.05, 0) is 23.8 Å². The van der Waals surface area contributed by atoms with Crippen LogP contribution in [0.2, 0.25) is 0 Å². The molecule has 118 valence electrons. The molecule has 0 unspecified atom stereocenters. The molecule has 0 aliphatic carbocycles. The molecule has 0 atom stereocenters. The molecule has 0 aromatic heterocycles. The van der Waals surface area contributed by atoms with Gasteiger partial charge < -0.3 is 11.1 Å². The molecular weight excluding hydrogens is 295 g/mol. The average Bonchev–Trinajstić information content (AvgIpc) is 2.34. The lowest BCUT2D eigenvalue weighted by molar-refractivity contribution is -0.137. The van der Waals surface area contributed by atoms with Gasteiger partial charge in [0.25, 0.3) is 5.92 Å². The Labute approximate surface area is 118 Å². The molecule has 3 N–H and O–H groups in total. The fourth-order valence-electron chi connectivity index (χ4n) is 1.63. The molecule has 3 nitrogen and oxygen atoms in total. The zero-order chi connectivity index (χ0) is 16.3. The van der Waals surface area contributed by atoms with Crippen LogP contribution >= 0.6 is 0 Å². The number of carbonyl (C=O) groups is 1. The Morgan fingerprint density at radius 2 is 1.71 bits per heavy atom. The molecule has 0 bridgehead atoms. The third kappa shape index (κ3) is 5.30. The summed E-state index contributed by atoms with van der Waals surface area (Å²) in [6, 6.07) is 2.08. The Hall–Kier alpha value is -1.70. The van der Waals surface area contributed by atoms with E-state index < -0.39 is 29.1 Å². The number of carbonyl (C=O) groups excluding carboxylic acids is 1. The van der Waals surface area contributed by atoms with Crippen LogP contribution < -0.4 is 11.1 Å². The summed E-state index contributed by atoms with van der Waals surface area (Å²) in [5, 5.41) is 2.33. The Morgan fingerprint density at radius 3 is 2.19 bits per heavy atom. The molecule has 0 aliphatic heterocycles. The van der Waals surface area contributed by atoms with E-state index in [1.165, 1.54) is 0 Å². The smallest absolute Gasteiger partial charge is 0.352 e. The summed E-state index contributed by atoms with van der Waals surface area (Å²) < 4.78 is 64.6. The second-order valence-corrected chi connectivity index (χ2v) is 4.62. The number of nitrogens with one attached hydrogen (secondary N) is 1. The molecule has 0 saturated carbocycles. The van der Waals surface area contributed by atoms with E-state index in [1.54, 1.807) is 0 Å². The maximum Gasteiger partial charge on any atom is 0.416 e. The van der Waals surface area contributed by atoms with Crippen LogP contribution in [-0.2, 0) is 23.4 Å². The summed E-state index contributed by atoms with van der Waals surface area (Å²) in [5.74, 6) is -3.86. The molecule has 0 spiro atoms. The first kappa shape index (κ1) is 17.4. The zero-order valence-electron chi connectivity index (χ0n) is 11.2. The van der Waals surface area contributed by atoms with Crippen molar-refractivity contribution in [3.63, 3.8) is 0 Å². The lowest BCUT2D eigenvalue weighted by Gasteiger charge is -2.16. The number of nitrogens with two attached hydrogens (primary N) is 1. The minimum Gasteiger partial charge on any atom is -0.352 e. The van der Waals surface area contributed by atoms with E-state index in [0.29, 0.717) is 13.0 Å². The SMILES string of the molecule is CC(F)(F)c1cc(CNC(=O)CCN)cc(C(F)(F)F)c1. The Balaban J connectivity index is 3.06. The molecule has 1 amide bonds. The summed E-state index contributed by atoms with van der Waals surface area (Å²) >= 11 is 0. The van der Waals surface area contributed by atoms with Gasteiger partial charge in [0, 0.05) is 32.0 Å². The average molecular weight is 310 g/mol. The van der Waals surface area contributed by atoms with Crippen molar-refractivity contribution in [1.29, 1.82) is 0 Å². The minimum atomic E-state index is -4.74. The highest BCUT2D eigenvalue weighted by molar-refractivity contribution is 5.76. The molecule has 0 heterocycles. The molecule has 21 heavy (non-hydrogen) atoms. The third-order valence-corrected chi connectivity index (χ3v) is 2.69. The van der Waals surface area contributed by atoms with E-state index in [2.05, 4.69) is 5.32 Å². The number of hydrogen-bond acceptors (Lipinski definition) is 2. The highest BCUT2D eigenvalue weighted by Gasteiger charge is 2.34. The largest absolute Gasteiger partial charge is 0.416 e. The summed E-state index contributed by atoms with van der Waals surface area (Å²) in [6.07, 6.45) is -4.73. The summed E-state index contributed by atoms with van der Waals surface area (Å²) in [4.78, 5) is 11.2. The third-order valence-electron chi connectivity index (χ3n) is 2.69. The van der Waals surface area contributed by atoms with Gasteiger partial charge in [-0.1, -0.05) is 0 Å². The molecule has 1 aromatic carbocycles. The highest BCUT2D eigenvalue weighted by atomic mass is 19.4. The molecule has 0 radical (unpaired) electrons. The fourth-order valence-corrected chi connectivity index (χ4v) is 1.63. The number of amides is 1. The van der Waals surface area contributed by atoms with Crippen molar-refractivity contribution in [2.24, 2.45) is 5.73 Å². The van der Waals surface area contributed by atoms with E-state index >= 15 is 0 Å². The molecule has 0 saturated heterocycles. The Morgan fingerprint density at radius 1 is 1.14 bits per heavy atom. The first-order valence-corrected chi connectivity index (χ1v) is 6.10. The van der Waals surface area contributed by atoms with E-state index in [4.69, 9.17) is 5.73 Å². The monoisotopic (exact) mass is 310 g/mol. The molecule has 1 aromatic rings. The number of rotatable bonds is 5. The summed E-state index contributed by atoms with van der Waals surface area (Å²) in [5.41, 5.74) is 3.18. The summed E-state index contributed by atoms with van der Waals surface area (Å²) in [7, 11) is 0. The van der Waals surface area contributed by atoms with Gasteiger partial charge in [-0.3, -0.25) is 4.79 Å². The Kier molecular flexibility index (Phi) is 5.27. The van der Waals surface area contributed by atoms with Crippen LogP contribution in [0.4, 0.5) is 22.0 Å². The van der Waals surface area contributed by atoms with Gasteiger partial charge in [0.1, 0.15) is 0 Å². The van der Waals surface area contributed by atoms with E-state index in [9.17, 15) is 26.7 Å². The topological polar surface area (TPSA) is 55.1 Å². The predicted molar refractivity (Wildman–Crippen MR) is 66.5 cm³/mol. The van der Waals surface area contributed by atoms with Crippen molar-refractivity contribution < 1.29 is 26.7 Å². The standard InChI is InChI=1S/C13H15F5N2O/c1-12(14,15)9-4-8(7-20-11(21)2-3-19)5-10(6-9)13(16,17)18/h4-6H,2-3,7,19H2,1H3,(H,20,21). The fraction of sp³-hybridized carbons (Fsp3) is 0.462. The molecule has 0 aliphatic rings. The second-order valence-electron chi connectivity index (χ2n) is 4.62. The van der Waals surface area contributed by atoms with Crippen molar-refractivity contribution >= 4 is 5.91 Å². The molecular formula is C13H15F5N2O. The minimum absolute atomic E-state index is 0.00968. The normalized spacial score (nSPS) is 12.3. The van der Waals surface area contributed by atoms with Crippen LogP contribution in [0, 0.1) is 0 Å². The van der Waals surface area contributed by atoms with Gasteiger partial charge in [0.2, 0.25) is 5.91 Å². The predicted octanol–water partition coefficient (Wildman–Crippen LogP) is 2.78. The van der Waals surface area contributed by atoms with Gasteiger partial charge >= 0.3 is 6.18 Å². The van der Waals surface area contributed by atoms with Crippen LogP contribution in [0.5, 0.6) is 0 Å². The molecule has 1 rings (SSSR count). The van der Waals surface area contributed by atoms with Crippen molar-refractivity contribution in [2.75, 3.05) is 6.54 Å². The van der Waals surface area contributed by atoms with Gasteiger partial charge in [-0.2, -0.15) is 13.2 Å². The van der Waals surface area contributed by atoms with Crippen molar-refractivity contribution in [3.05, 3.63) is 34.9 Å². The van der Waals surface area contributed by atoms with Crippen LogP contribution in [0.25, 0.3) is 0 Å². The van der Waals surface area contributed by atoms with E-state index in [0.717, 1.165) is 12.1 Å². The lowest BCUT2D eigenvalue weighted by atomic mass is 10.0. The number of halogens is 5. The number of alkyl halides is 5. The van der Waals surface area contributed by atoms with Crippen molar-refractivity contribution in [1.82, 2.24) is 5.32 Å². The maximum atomic E-state index is 13.3. The first-order chi connectivity index (χ1) is 9.54. The zero-order valence-corrected chi connectivity index (χ0v) is 11.2. The van der Waals surface area contributed by atoms with Crippen LogP contribution in [-0.4, -0.2) is 12.5 Å². The quantitative estimate of drug-likeness (QED) is 0.822. The second kappa shape index (κ2) is 6.38. The van der Waals surface area contributed by atoms with Crippen molar-refractivity contribution in [2.45, 2.75) is 32.0 Å². The highest BCUT2D eigenvalue weighted by Crippen LogP contribution is 2.35. The van der Waals surface area contributed by atoms with Crippen LogP contribution in [0.3, 0.4) is 0 Å². The van der Waals surface area contributed by atoms with Crippen LogP contribution in [0.15, 0.2) is 18.2 Å². The van der Waals surface area contributed by atoms with E-state index in [-0.39, 0.29) is 25.1 Å². The molecule has 8 heteroatoms. The first-order valence-electron chi connectivity index (χ1n) is 6.10. The Bertz CT molecular complexity index is 476. The van der Waals surface area contributed by atoms with Crippen molar-refractivity contribution in [3.8, 4) is 0 Å². The van der Waals surface area contributed by atoms with Gasteiger partial charge in [0.15, 0.2) is 0 Å². The van der Waals surface area contributed by atoms with E-state index in [1.807, 2.05) is 0 Å². The molecule has 0 fully saturated rings. The number of hydrogen-bond donors (Lipinski definition) is 2. The maximum absolute atomic E-state index is 13.3. The van der Waals surface area contributed by atoms with Gasteiger partial charge in [0.05, 0.1) is 5.56 Å². The van der Waals surface area contributed by atoms with Crippen LogP contribution in [0.1, 0.15) is 30.0 Å². The summed E-state index contributed by atoms with van der Waals surface area (Å²) in [6.45, 7) is 0.331.